The number of hydrogen-bond acceptors (Lipinski definition) is 2. The van der Waals surface area contributed by atoms with Crippen molar-refractivity contribution in [3.05, 3.63) is 58.7 Å². The lowest BCUT2D eigenvalue weighted by Gasteiger charge is -2.25. The van der Waals surface area contributed by atoms with Crippen molar-refractivity contribution in [1.29, 1.82) is 0 Å². The van der Waals surface area contributed by atoms with E-state index in [0.29, 0.717) is 0 Å². The van der Waals surface area contributed by atoms with Gasteiger partial charge in [0.25, 0.3) is 0 Å². The van der Waals surface area contributed by atoms with Crippen molar-refractivity contribution in [2.75, 3.05) is 0 Å². The lowest BCUT2D eigenvalue weighted by molar-refractivity contribution is 0.213. The maximum atomic E-state index is 10.4. The molecule has 0 fully saturated rings. The second-order valence-corrected chi connectivity index (χ2v) is 5.59. The molecule has 1 heterocycles. The van der Waals surface area contributed by atoms with E-state index in [9.17, 15) is 5.11 Å². The van der Waals surface area contributed by atoms with E-state index >= 15 is 0 Å². The van der Waals surface area contributed by atoms with Gasteiger partial charge >= 0.3 is 0 Å². The molecule has 0 spiro atoms. The quantitative estimate of drug-likeness (QED) is 0.757. The highest BCUT2D eigenvalue weighted by molar-refractivity contribution is 7.99. The molecule has 2 aromatic carbocycles. The molecule has 2 aromatic rings. The second kappa shape index (κ2) is 3.90. The first kappa shape index (κ1) is 10.9. The molecule has 1 N–H and O–H groups in total. The van der Waals surface area contributed by atoms with Gasteiger partial charge in [-0.3, -0.25) is 0 Å². The molecule has 1 atom stereocenters. The minimum absolute atomic E-state index is 0.485. The predicted octanol–water partition coefficient (Wildman–Crippen LogP) is 3.85. The third-order valence-corrected chi connectivity index (χ3v) is 4.52. The van der Waals surface area contributed by atoms with Crippen LogP contribution in [0.15, 0.2) is 46.2 Å². The van der Waals surface area contributed by atoms with Crippen LogP contribution in [0, 0.1) is 13.8 Å². The Morgan fingerprint density at radius 1 is 1.06 bits per heavy atom. The fourth-order valence-electron chi connectivity index (χ4n) is 2.41. The van der Waals surface area contributed by atoms with Crippen LogP contribution in [0.3, 0.4) is 0 Å². The number of benzene rings is 2. The molecular formula is C15H14OS. The molecule has 0 saturated heterocycles. The highest BCUT2D eigenvalue weighted by atomic mass is 32.2. The van der Waals surface area contributed by atoms with E-state index < -0.39 is 6.10 Å². The third-order valence-electron chi connectivity index (χ3n) is 3.17. The molecule has 0 aromatic heterocycles. The Hall–Kier alpha value is -1.25. The SMILES string of the molecule is Cc1cc(C)c2c(c1)C(O)c1ccccc1S2. The van der Waals surface area contributed by atoms with Crippen LogP contribution in [0.5, 0.6) is 0 Å². The predicted molar refractivity (Wildman–Crippen MR) is 70.5 cm³/mol. The van der Waals surface area contributed by atoms with Crippen LogP contribution < -0.4 is 0 Å². The van der Waals surface area contributed by atoms with Gasteiger partial charge in [-0.2, -0.15) is 0 Å². The molecule has 1 nitrogen and oxygen atoms in total. The number of hydrogen-bond donors (Lipinski definition) is 1. The minimum Gasteiger partial charge on any atom is -0.384 e. The van der Waals surface area contributed by atoms with Gasteiger partial charge in [0.15, 0.2) is 0 Å². The summed E-state index contributed by atoms with van der Waals surface area (Å²) in [6.45, 7) is 4.19. The van der Waals surface area contributed by atoms with Crippen LogP contribution in [0.4, 0.5) is 0 Å². The molecule has 3 rings (SSSR count). The second-order valence-electron chi connectivity index (χ2n) is 4.54. The van der Waals surface area contributed by atoms with E-state index in [-0.39, 0.29) is 0 Å². The summed E-state index contributed by atoms with van der Waals surface area (Å²) in [6.07, 6.45) is -0.485. The maximum absolute atomic E-state index is 10.4. The Morgan fingerprint density at radius 2 is 1.82 bits per heavy atom. The fraction of sp³-hybridized carbons (Fsp3) is 0.200. The van der Waals surface area contributed by atoms with Gasteiger partial charge in [0.2, 0.25) is 0 Å². The van der Waals surface area contributed by atoms with Gasteiger partial charge in [-0.15, -0.1) is 0 Å². The summed E-state index contributed by atoms with van der Waals surface area (Å²) in [5.74, 6) is 0. The van der Waals surface area contributed by atoms with E-state index in [1.54, 1.807) is 11.8 Å². The zero-order chi connectivity index (χ0) is 12.0. The Labute approximate surface area is 105 Å². The van der Waals surface area contributed by atoms with Gasteiger partial charge in [-0.25, -0.2) is 0 Å². The molecule has 0 aliphatic carbocycles. The van der Waals surface area contributed by atoms with Crippen molar-refractivity contribution >= 4 is 11.8 Å². The third kappa shape index (κ3) is 1.68. The summed E-state index contributed by atoms with van der Waals surface area (Å²) >= 11 is 1.76. The van der Waals surface area contributed by atoms with E-state index in [1.165, 1.54) is 20.9 Å². The average Bonchev–Trinajstić information content (AvgIpc) is 2.31. The maximum Gasteiger partial charge on any atom is 0.106 e. The number of aryl methyl sites for hydroxylation is 2. The van der Waals surface area contributed by atoms with Crippen molar-refractivity contribution in [3.8, 4) is 0 Å². The van der Waals surface area contributed by atoms with Crippen LogP contribution in [0.25, 0.3) is 0 Å². The molecule has 1 aliphatic rings. The molecule has 1 unspecified atom stereocenters. The van der Waals surface area contributed by atoms with Crippen LogP contribution in [-0.2, 0) is 0 Å². The smallest absolute Gasteiger partial charge is 0.106 e. The molecule has 2 heteroatoms. The van der Waals surface area contributed by atoms with Crippen molar-refractivity contribution in [2.24, 2.45) is 0 Å². The minimum atomic E-state index is -0.485. The highest BCUT2D eigenvalue weighted by Gasteiger charge is 2.25. The summed E-state index contributed by atoms with van der Waals surface area (Å²) in [6, 6.07) is 12.4. The molecular weight excluding hydrogens is 228 g/mol. The average molecular weight is 242 g/mol. The Kier molecular flexibility index (Phi) is 2.49. The molecule has 86 valence electrons. The van der Waals surface area contributed by atoms with Crippen molar-refractivity contribution < 1.29 is 5.11 Å². The Bertz CT molecular complexity index is 589. The Morgan fingerprint density at radius 3 is 2.65 bits per heavy atom. The molecule has 0 saturated carbocycles. The summed E-state index contributed by atoms with van der Waals surface area (Å²) in [4.78, 5) is 2.38. The molecule has 1 aliphatic heterocycles. The van der Waals surface area contributed by atoms with Crippen molar-refractivity contribution in [3.63, 3.8) is 0 Å². The number of aliphatic hydroxyl groups is 1. The molecule has 17 heavy (non-hydrogen) atoms. The largest absolute Gasteiger partial charge is 0.384 e. The van der Waals surface area contributed by atoms with Gasteiger partial charge in [-0.05, 0) is 36.6 Å². The van der Waals surface area contributed by atoms with Crippen LogP contribution in [-0.4, -0.2) is 5.11 Å². The zero-order valence-corrected chi connectivity index (χ0v) is 10.7. The summed E-state index contributed by atoms with van der Waals surface area (Å²) in [7, 11) is 0. The standard InChI is InChI=1S/C15H14OS/c1-9-7-10(2)15-12(8-9)14(16)11-5-3-4-6-13(11)17-15/h3-8,14,16H,1-2H3. The summed E-state index contributed by atoms with van der Waals surface area (Å²) in [5.41, 5.74) is 4.53. The first-order chi connectivity index (χ1) is 8.16. The van der Waals surface area contributed by atoms with E-state index in [4.69, 9.17) is 0 Å². The first-order valence-electron chi connectivity index (χ1n) is 5.73. The van der Waals surface area contributed by atoms with Crippen LogP contribution in [0.2, 0.25) is 0 Å². The number of fused-ring (bicyclic) bond motifs is 2. The Balaban J connectivity index is 2.23. The van der Waals surface area contributed by atoms with Crippen LogP contribution in [0.1, 0.15) is 28.4 Å². The molecule has 0 radical (unpaired) electrons. The lowest BCUT2D eigenvalue weighted by Crippen LogP contribution is -2.08. The normalized spacial score (nSPS) is 17.5. The summed E-state index contributed by atoms with van der Waals surface area (Å²) < 4.78 is 0. The van der Waals surface area contributed by atoms with Crippen molar-refractivity contribution in [2.45, 2.75) is 29.7 Å². The van der Waals surface area contributed by atoms with Crippen LogP contribution >= 0.6 is 11.8 Å². The van der Waals surface area contributed by atoms with Crippen molar-refractivity contribution in [1.82, 2.24) is 0 Å². The topological polar surface area (TPSA) is 20.2 Å². The molecule has 0 amide bonds. The van der Waals surface area contributed by atoms with Gasteiger partial charge < -0.3 is 5.11 Å². The van der Waals surface area contributed by atoms with Gasteiger partial charge in [0, 0.05) is 9.79 Å². The lowest BCUT2D eigenvalue weighted by atomic mass is 9.97. The monoisotopic (exact) mass is 242 g/mol. The molecule has 0 bridgehead atoms. The number of rotatable bonds is 0. The first-order valence-corrected chi connectivity index (χ1v) is 6.54. The summed E-state index contributed by atoms with van der Waals surface area (Å²) in [5, 5.41) is 10.4. The van der Waals surface area contributed by atoms with E-state index in [0.717, 1.165) is 11.1 Å². The van der Waals surface area contributed by atoms with Gasteiger partial charge in [0.1, 0.15) is 6.10 Å². The highest BCUT2D eigenvalue weighted by Crippen LogP contribution is 2.46. The van der Waals surface area contributed by atoms with E-state index in [1.807, 2.05) is 18.2 Å². The van der Waals surface area contributed by atoms with E-state index in [2.05, 4.69) is 32.0 Å². The van der Waals surface area contributed by atoms with Gasteiger partial charge in [-0.1, -0.05) is 47.7 Å². The zero-order valence-electron chi connectivity index (χ0n) is 9.90. The number of aliphatic hydroxyl groups excluding tert-OH is 1. The van der Waals surface area contributed by atoms with Gasteiger partial charge in [0.05, 0.1) is 0 Å². The fourth-order valence-corrected chi connectivity index (χ4v) is 3.58.